The van der Waals surface area contributed by atoms with E-state index in [2.05, 4.69) is 5.32 Å². The van der Waals surface area contributed by atoms with Crippen molar-refractivity contribution in [2.45, 2.75) is 38.8 Å². The number of esters is 1. The van der Waals surface area contributed by atoms with Crippen LogP contribution in [0.3, 0.4) is 0 Å². The second kappa shape index (κ2) is 9.50. The fourth-order valence-corrected chi connectivity index (χ4v) is 3.54. The van der Waals surface area contributed by atoms with Crippen molar-refractivity contribution in [2.75, 3.05) is 0 Å². The summed E-state index contributed by atoms with van der Waals surface area (Å²) >= 11 is 0. The maximum atomic E-state index is 13.1. The van der Waals surface area contributed by atoms with Crippen molar-refractivity contribution >= 4 is 34.0 Å². The number of hydrogen-bond acceptors (Lipinski definition) is 7. The molecule has 2 N–H and O–H groups in total. The molecule has 0 saturated carbocycles. The first-order valence-corrected chi connectivity index (χ1v) is 11.0. The Hall–Kier alpha value is -4.33. The lowest BCUT2D eigenvalue weighted by Gasteiger charge is -2.23. The minimum atomic E-state index is -1.08. The molecule has 0 spiro atoms. The number of carbonyl (C=O) groups is 2. The minimum Gasteiger partial charge on any atom is -0.508 e. The van der Waals surface area contributed by atoms with E-state index in [-0.39, 0.29) is 28.9 Å². The molecule has 4 aromatic rings. The average Bonchev–Trinajstić information content (AvgIpc) is 2.79. The molecule has 0 bridgehead atoms. The van der Waals surface area contributed by atoms with Crippen LogP contribution in [0.4, 0.5) is 4.79 Å². The fourth-order valence-electron chi connectivity index (χ4n) is 3.54. The van der Waals surface area contributed by atoms with Crippen LogP contribution in [0, 0.1) is 0 Å². The van der Waals surface area contributed by atoms with E-state index in [1.54, 1.807) is 57.2 Å². The SMILES string of the molecule is CC(C)(C)OC(=O)N[C@@H](Cc1ccc(O)cc1)C(=O)Oc1ccc2c(=O)c3ccccc3oc2c1. The van der Waals surface area contributed by atoms with Gasteiger partial charge in [-0.1, -0.05) is 24.3 Å². The highest BCUT2D eigenvalue weighted by Gasteiger charge is 2.26. The van der Waals surface area contributed by atoms with Gasteiger partial charge in [0.15, 0.2) is 0 Å². The Morgan fingerprint density at radius 2 is 1.66 bits per heavy atom. The molecule has 0 aliphatic rings. The Morgan fingerprint density at radius 3 is 2.37 bits per heavy atom. The molecule has 0 fully saturated rings. The third-order valence-electron chi connectivity index (χ3n) is 5.12. The van der Waals surface area contributed by atoms with Crippen LogP contribution in [0.25, 0.3) is 21.9 Å². The van der Waals surface area contributed by atoms with Crippen LogP contribution in [0.5, 0.6) is 11.5 Å². The zero-order chi connectivity index (χ0) is 25.2. The molecular weight excluding hydrogens is 450 g/mol. The van der Waals surface area contributed by atoms with Crippen LogP contribution in [0.1, 0.15) is 26.3 Å². The van der Waals surface area contributed by atoms with Gasteiger partial charge < -0.3 is 24.3 Å². The van der Waals surface area contributed by atoms with Gasteiger partial charge in [0.1, 0.15) is 34.3 Å². The van der Waals surface area contributed by atoms with Crippen molar-refractivity contribution in [1.29, 1.82) is 0 Å². The van der Waals surface area contributed by atoms with E-state index in [1.807, 2.05) is 0 Å². The van der Waals surface area contributed by atoms with E-state index < -0.39 is 23.7 Å². The standard InChI is InChI=1S/C27H25NO7/c1-27(2,3)35-26(32)28-21(14-16-8-10-17(29)11-9-16)25(31)33-18-12-13-20-23(15-18)34-22-7-5-4-6-19(22)24(20)30/h4-13,15,21,29H,14H2,1-3H3,(H,28,32)/t21-/m0/s1. The molecule has 1 amide bonds. The van der Waals surface area contributed by atoms with Crippen molar-refractivity contribution < 1.29 is 28.6 Å². The van der Waals surface area contributed by atoms with Gasteiger partial charge in [0, 0.05) is 12.5 Å². The van der Waals surface area contributed by atoms with Gasteiger partial charge in [-0.3, -0.25) is 4.79 Å². The molecule has 0 unspecified atom stereocenters. The number of aromatic hydroxyl groups is 1. The number of nitrogens with one attached hydrogen (secondary N) is 1. The van der Waals surface area contributed by atoms with E-state index in [1.165, 1.54) is 30.3 Å². The van der Waals surface area contributed by atoms with E-state index in [9.17, 15) is 19.5 Å². The highest BCUT2D eigenvalue weighted by atomic mass is 16.6. The van der Waals surface area contributed by atoms with Gasteiger partial charge in [0.05, 0.1) is 10.8 Å². The maximum absolute atomic E-state index is 13.1. The molecule has 3 aromatic carbocycles. The molecule has 0 aliphatic heterocycles. The molecule has 180 valence electrons. The molecule has 0 aliphatic carbocycles. The highest BCUT2D eigenvalue weighted by Crippen LogP contribution is 2.23. The summed E-state index contributed by atoms with van der Waals surface area (Å²) in [6.45, 7) is 5.14. The minimum absolute atomic E-state index is 0.0816. The number of amides is 1. The summed E-state index contributed by atoms with van der Waals surface area (Å²) in [6, 6.07) is 16.6. The fraction of sp³-hybridized carbons (Fsp3) is 0.222. The number of para-hydroxylation sites is 1. The number of hydrogen-bond donors (Lipinski definition) is 2. The van der Waals surface area contributed by atoms with Crippen LogP contribution in [0.15, 0.2) is 75.9 Å². The lowest BCUT2D eigenvalue weighted by atomic mass is 10.1. The summed E-state index contributed by atoms with van der Waals surface area (Å²) in [5.41, 5.74) is 0.447. The average molecular weight is 475 g/mol. The molecular formula is C27H25NO7. The second-order valence-corrected chi connectivity index (χ2v) is 9.08. The number of carbonyl (C=O) groups excluding carboxylic acids is 2. The lowest BCUT2D eigenvalue weighted by Crippen LogP contribution is -2.46. The molecule has 8 heteroatoms. The summed E-state index contributed by atoms with van der Waals surface area (Å²) in [7, 11) is 0. The molecule has 1 heterocycles. The Labute approximate surface area is 201 Å². The summed E-state index contributed by atoms with van der Waals surface area (Å²) in [4.78, 5) is 38.2. The number of phenolic OH excluding ortho intramolecular Hbond substituents is 1. The number of fused-ring (bicyclic) bond motifs is 2. The maximum Gasteiger partial charge on any atom is 0.408 e. The Morgan fingerprint density at radius 1 is 0.971 bits per heavy atom. The molecule has 35 heavy (non-hydrogen) atoms. The number of benzene rings is 3. The van der Waals surface area contributed by atoms with Crippen molar-refractivity contribution in [3.63, 3.8) is 0 Å². The Balaban J connectivity index is 1.60. The molecule has 0 saturated heterocycles. The third kappa shape index (κ3) is 5.78. The third-order valence-corrected chi connectivity index (χ3v) is 5.12. The van der Waals surface area contributed by atoms with Crippen LogP contribution < -0.4 is 15.5 Å². The van der Waals surface area contributed by atoms with E-state index in [0.717, 1.165) is 0 Å². The summed E-state index contributed by atoms with van der Waals surface area (Å²) in [5, 5.41) is 12.9. The van der Waals surface area contributed by atoms with Crippen LogP contribution >= 0.6 is 0 Å². The Kier molecular flexibility index (Phi) is 6.46. The first kappa shape index (κ1) is 23.8. The van der Waals surface area contributed by atoms with Crippen LogP contribution in [-0.4, -0.2) is 28.8 Å². The van der Waals surface area contributed by atoms with Gasteiger partial charge in [0.25, 0.3) is 0 Å². The molecule has 1 atom stereocenters. The predicted octanol–water partition coefficient (Wildman–Crippen LogP) is 4.69. The van der Waals surface area contributed by atoms with Crippen LogP contribution in [-0.2, 0) is 16.0 Å². The molecule has 8 nitrogen and oxygen atoms in total. The van der Waals surface area contributed by atoms with Crippen LogP contribution in [0.2, 0.25) is 0 Å². The van der Waals surface area contributed by atoms with E-state index in [0.29, 0.717) is 21.9 Å². The Bertz CT molecular complexity index is 1450. The van der Waals surface area contributed by atoms with Crippen molar-refractivity contribution in [1.82, 2.24) is 5.32 Å². The monoisotopic (exact) mass is 475 g/mol. The number of ether oxygens (including phenoxy) is 2. The van der Waals surface area contributed by atoms with Gasteiger partial charge in [-0.15, -0.1) is 0 Å². The zero-order valence-corrected chi connectivity index (χ0v) is 19.5. The quantitative estimate of drug-likeness (QED) is 0.244. The first-order chi connectivity index (χ1) is 16.6. The number of alkyl carbamates (subject to hydrolysis) is 1. The van der Waals surface area contributed by atoms with Crippen molar-refractivity contribution in [2.24, 2.45) is 0 Å². The molecule has 1 aromatic heterocycles. The van der Waals surface area contributed by atoms with E-state index >= 15 is 0 Å². The van der Waals surface area contributed by atoms with Crippen molar-refractivity contribution in [3.8, 4) is 11.5 Å². The zero-order valence-electron chi connectivity index (χ0n) is 19.5. The topological polar surface area (TPSA) is 115 Å². The predicted molar refractivity (Wildman–Crippen MR) is 131 cm³/mol. The molecule has 4 rings (SSSR count). The van der Waals surface area contributed by atoms with Gasteiger partial charge in [-0.2, -0.15) is 0 Å². The number of rotatable bonds is 5. The normalized spacial score (nSPS) is 12.3. The largest absolute Gasteiger partial charge is 0.508 e. The summed E-state index contributed by atoms with van der Waals surface area (Å²) in [6.07, 6.45) is -0.666. The summed E-state index contributed by atoms with van der Waals surface area (Å²) in [5.74, 6) is -0.493. The smallest absolute Gasteiger partial charge is 0.408 e. The van der Waals surface area contributed by atoms with Crippen molar-refractivity contribution in [3.05, 3.63) is 82.5 Å². The van der Waals surface area contributed by atoms with Gasteiger partial charge in [0.2, 0.25) is 5.43 Å². The van der Waals surface area contributed by atoms with E-state index in [4.69, 9.17) is 13.9 Å². The highest BCUT2D eigenvalue weighted by molar-refractivity contribution is 5.91. The second-order valence-electron chi connectivity index (χ2n) is 9.08. The van der Waals surface area contributed by atoms with Gasteiger partial charge in [-0.05, 0) is 62.7 Å². The molecule has 0 radical (unpaired) electrons. The summed E-state index contributed by atoms with van der Waals surface area (Å²) < 4.78 is 16.7. The van der Waals surface area contributed by atoms with Gasteiger partial charge in [-0.25, -0.2) is 9.59 Å². The van der Waals surface area contributed by atoms with Gasteiger partial charge >= 0.3 is 12.1 Å². The lowest BCUT2D eigenvalue weighted by molar-refractivity contribution is -0.136. The number of phenols is 1. The first-order valence-electron chi connectivity index (χ1n) is 11.0.